The Balaban J connectivity index is 1.58. The lowest BCUT2D eigenvalue weighted by Crippen LogP contribution is -2.32. The first kappa shape index (κ1) is 17.1. The Morgan fingerprint density at radius 2 is 2.27 bits per heavy atom. The molecule has 3 heterocycles. The van der Waals surface area contributed by atoms with Crippen molar-refractivity contribution in [3.8, 4) is 0 Å². The fraction of sp³-hybridized carbons (Fsp3) is 0.389. The number of thioether (sulfide) groups is 1. The van der Waals surface area contributed by atoms with Crippen molar-refractivity contribution in [2.45, 2.75) is 25.4 Å². The largest absolute Gasteiger partial charge is 0.341 e. The molecule has 0 spiro atoms. The summed E-state index contributed by atoms with van der Waals surface area (Å²) >= 11 is 1.75. The molecule has 7 nitrogen and oxygen atoms in total. The van der Waals surface area contributed by atoms with Crippen molar-refractivity contribution in [2.75, 3.05) is 18.6 Å². The monoisotopic (exact) mass is 370 g/mol. The summed E-state index contributed by atoms with van der Waals surface area (Å²) in [5, 5.41) is 13.7. The van der Waals surface area contributed by atoms with Crippen LogP contribution in [0, 0.1) is 0 Å². The van der Waals surface area contributed by atoms with Gasteiger partial charge in [0.1, 0.15) is 5.82 Å². The third kappa shape index (κ3) is 3.34. The summed E-state index contributed by atoms with van der Waals surface area (Å²) in [6, 6.07) is 7.73. The van der Waals surface area contributed by atoms with Crippen LogP contribution in [0.4, 0.5) is 0 Å². The maximum Gasteiger partial charge on any atom is 0.272 e. The first-order chi connectivity index (χ1) is 12.8. The highest BCUT2D eigenvalue weighted by Gasteiger charge is 2.25. The molecule has 0 radical (unpaired) electrons. The predicted octanol–water partition coefficient (Wildman–Crippen LogP) is 2.16. The van der Waals surface area contributed by atoms with E-state index >= 15 is 0 Å². The molecular formula is C18H22N6OS. The number of hydrogen-bond acceptors (Lipinski definition) is 5. The Labute approximate surface area is 155 Å². The molecule has 4 N–H and O–H groups in total. The summed E-state index contributed by atoms with van der Waals surface area (Å²) in [4.78, 5) is 20.9. The molecule has 0 aliphatic carbocycles. The second-order valence-corrected chi connectivity index (χ2v) is 7.39. The van der Waals surface area contributed by atoms with E-state index in [2.05, 4.69) is 37.1 Å². The van der Waals surface area contributed by atoms with Crippen LogP contribution in [0.1, 0.15) is 40.0 Å². The second-order valence-electron chi connectivity index (χ2n) is 6.40. The van der Waals surface area contributed by atoms with Gasteiger partial charge in [-0.25, -0.2) is 4.98 Å². The zero-order chi connectivity index (χ0) is 17.9. The second kappa shape index (κ2) is 7.51. The quantitative estimate of drug-likeness (QED) is 0.533. The highest BCUT2D eigenvalue weighted by atomic mass is 32.2. The van der Waals surface area contributed by atoms with Gasteiger partial charge in [0.25, 0.3) is 5.91 Å². The zero-order valence-electron chi connectivity index (χ0n) is 14.6. The van der Waals surface area contributed by atoms with E-state index in [1.54, 1.807) is 11.8 Å². The zero-order valence-corrected chi connectivity index (χ0v) is 15.4. The molecule has 0 bridgehead atoms. The van der Waals surface area contributed by atoms with Crippen LogP contribution in [-0.2, 0) is 13.0 Å². The number of amides is 1. The Kier molecular flexibility index (Phi) is 4.94. The molecule has 0 saturated carbocycles. The molecule has 0 saturated heterocycles. The van der Waals surface area contributed by atoms with Crippen LogP contribution in [-0.4, -0.2) is 44.6 Å². The van der Waals surface area contributed by atoms with Crippen LogP contribution in [0.15, 0.2) is 24.3 Å². The Hall–Kier alpha value is -2.32. The summed E-state index contributed by atoms with van der Waals surface area (Å²) in [7, 11) is 0. The van der Waals surface area contributed by atoms with E-state index in [9.17, 15) is 4.79 Å². The van der Waals surface area contributed by atoms with Crippen LogP contribution in [0.2, 0.25) is 0 Å². The van der Waals surface area contributed by atoms with Gasteiger partial charge in [-0.3, -0.25) is 9.89 Å². The van der Waals surface area contributed by atoms with Gasteiger partial charge in [-0.1, -0.05) is 12.1 Å². The molecular weight excluding hydrogens is 348 g/mol. The van der Waals surface area contributed by atoms with Gasteiger partial charge in [0, 0.05) is 30.8 Å². The normalized spacial score (nSPS) is 15.0. The summed E-state index contributed by atoms with van der Waals surface area (Å²) in [6.07, 6.45) is 3.74. The van der Waals surface area contributed by atoms with E-state index in [-0.39, 0.29) is 11.9 Å². The molecule has 2 aromatic heterocycles. The molecule has 26 heavy (non-hydrogen) atoms. The number of nitrogens with zero attached hydrogens (tertiary/aromatic N) is 2. The molecule has 1 unspecified atom stereocenters. The number of nitrogens with one attached hydrogen (secondary N) is 4. The summed E-state index contributed by atoms with van der Waals surface area (Å²) < 4.78 is 0. The van der Waals surface area contributed by atoms with Gasteiger partial charge >= 0.3 is 0 Å². The van der Waals surface area contributed by atoms with Gasteiger partial charge in [0.2, 0.25) is 0 Å². The van der Waals surface area contributed by atoms with Crippen LogP contribution >= 0.6 is 11.8 Å². The first-order valence-electron chi connectivity index (χ1n) is 8.77. The van der Waals surface area contributed by atoms with Crippen LogP contribution in [0.25, 0.3) is 11.0 Å². The van der Waals surface area contributed by atoms with E-state index in [0.717, 1.165) is 53.3 Å². The number of fused-ring (bicyclic) bond motifs is 2. The number of aromatic nitrogens is 4. The number of H-pyrrole nitrogens is 2. The minimum atomic E-state index is -0.175. The number of benzene rings is 1. The lowest BCUT2D eigenvalue weighted by atomic mass is 10.1. The summed E-state index contributed by atoms with van der Waals surface area (Å²) in [5.74, 6) is 1.57. The molecule has 1 aliphatic rings. The minimum Gasteiger partial charge on any atom is -0.341 e. The van der Waals surface area contributed by atoms with Crippen LogP contribution in [0.5, 0.6) is 0 Å². The summed E-state index contributed by atoms with van der Waals surface area (Å²) in [5.41, 5.74) is 4.40. The average molecular weight is 370 g/mol. The standard InChI is InChI=1S/C18H22N6OS/c1-26-9-7-15(17-20-13-4-2-3-5-14(13)21-17)22-18(25)16-11-10-19-8-6-12(11)23-24-16/h2-5,15,19H,6-10H2,1H3,(H,20,21)(H,22,25)(H,23,24). The van der Waals surface area contributed by atoms with E-state index in [0.29, 0.717) is 12.2 Å². The third-order valence-corrected chi connectivity index (χ3v) is 5.32. The van der Waals surface area contributed by atoms with Gasteiger partial charge in [-0.05, 0) is 30.6 Å². The Morgan fingerprint density at radius 1 is 1.38 bits per heavy atom. The van der Waals surface area contributed by atoms with Gasteiger partial charge < -0.3 is 15.6 Å². The maximum atomic E-state index is 12.9. The third-order valence-electron chi connectivity index (χ3n) is 4.68. The molecule has 1 atom stereocenters. The lowest BCUT2D eigenvalue weighted by Gasteiger charge is -2.17. The Morgan fingerprint density at radius 3 is 3.12 bits per heavy atom. The van der Waals surface area contributed by atoms with Gasteiger partial charge in [-0.15, -0.1) is 0 Å². The molecule has 8 heteroatoms. The number of carbonyl (C=O) groups is 1. The van der Waals surface area contributed by atoms with Crippen molar-refractivity contribution < 1.29 is 4.79 Å². The number of para-hydroxylation sites is 2. The fourth-order valence-electron chi connectivity index (χ4n) is 3.29. The first-order valence-corrected chi connectivity index (χ1v) is 10.2. The highest BCUT2D eigenvalue weighted by Crippen LogP contribution is 2.22. The van der Waals surface area contributed by atoms with E-state index in [1.807, 2.05) is 24.3 Å². The van der Waals surface area contributed by atoms with Gasteiger partial charge in [0.05, 0.1) is 17.1 Å². The minimum absolute atomic E-state index is 0.155. The molecule has 136 valence electrons. The summed E-state index contributed by atoms with van der Waals surface area (Å²) in [6.45, 7) is 1.58. The molecule has 3 aromatic rings. The molecule has 4 rings (SSSR count). The SMILES string of the molecule is CSCCC(NC(=O)c1n[nH]c2c1CNCC2)c1nc2ccccc2[nH]1. The van der Waals surface area contributed by atoms with Crippen molar-refractivity contribution in [1.82, 2.24) is 30.8 Å². The van der Waals surface area contributed by atoms with Crippen molar-refractivity contribution in [1.29, 1.82) is 0 Å². The average Bonchev–Trinajstić information content (AvgIpc) is 3.29. The molecule has 1 amide bonds. The topological polar surface area (TPSA) is 98.5 Å². The fourth-order valence-corrected chi connectivity index (χ4v) is 3.76. The Bertz CT molecular complexity index is 884. The van der Waals surface area contributed by atoms with E-state index < -0.39 is 0 Å². The van der Waals surface area contributed by atoms with Gasteiger partial charge in [-0.2, -0.15) is 16.9 Å². The molecule has 1 aromatic carbocycles. The van der Waals surface area contributed by atoms with Crippen LogP contribution < -0.4 is 10.6 Å². The maximum absolute atomic E-state index is 12.9. The predicted molar refractivity (Wildman–Crippen MR) is 103 cm³/mol. The smallest absolute Gasteiger partial charge is 0.272 e. The molecule has 0 fully saturated rings. The van der Waals surface area contributed by atoms with E-state index in [1.165, 1.54) is 0 Å². The van der Waals surface area contributed by atoms with Gasteiger partial charge in [0.15, 0.2) is 5.69 Å². The highest BCUT2D eigenvalue weighted by molar-refractivity contribution is 7.98. The van der Waals surface area contributed by atoms with Crippen molar-refractivity contribution in [3.05, 3.63) is 47.0 Å². The molecule has 1 aliphatic heterocycles. The van der Waals surface area contributed by atoms with Crippen molar-refractivity contribution in [3.63, 3.8) is 0 Å². The van der Waals surface area contributed by atoms with Crippen molar-refractivity contribution in [2.24, 2.45) is 0 Å². The number of hydrogen-bond donors (Lipinski definition) is 4. The number of carbonyl (C=O) groups excluding carboxylic acids is 1. The number of rotatable bonds is 6. The van der Waals surface area contributed by atoms with E-state index in [4.69, 9.17) is 0 Å². The van der Waals surface area contributed by atoms with Crippen molar-refractivity contribution >= 4 is 28.7 Å². The number of aromatic amines is 2. The lowest BCUT2D eigenvalue weighted by molar-refractivity contribution is 0.0928. The van der Waals surface area contributed by atoms with Crippen LogP contribution in [0.3, 0.4) is 0 Å². The number of imidazole rings is 1.